The number of benzene rings is 2. The Morgan fingerprint density at radius 3 is 2.10 bits per heavy atom. The van der Waals surface area contributed by atoms with Gasteiger partial charge in [0.15, 0.2) is 11.5 Å². The maximum absolute atomic E-state index is 6.34. The molecule has 0 aromatic heterocycles. The first-order valence-corrected chi connectivity index (χ1v) is 6.79. The zero-order chi connectivity index (χ0) is 15.2. The van der Waals surface area contributed by atoms with Crippen LogP contribution in [0.1, 0.15) is 17.2 Å². The number of rotatable bonds is 6. The van der Waals surface area contributed by atoms with E-state index in [4.69, 9.17) is 19.9 Å². The molecule has 0 fully saturated rings. The standard InChI is InChI=1S/C17H21NO3/c1-19-15-10-9-13(16(20-2)17(15)21-3)14(18)11-12-7-5-4-6-8-12/h4-10,14H,11,18H2,1-3H3. The highest BCUT2D eigenvalue weighted by Gasteiger charge is 2.20. The second-order valence-corrected chi connectivity index (χ2v) is 4.72. The predicted octanol–water partition coefficient (Wildman–Crippen LogP) is 2.95. The Bertz CT molecular complexity index is 584. The monoisotopic (exact) mass is 287 g/mol. The van der Waals surface area contributed by atoms with Crippen LogP contribution in [0.3, 0.4) is 0 Å². The van der Waals surface area contributed by atoms with Crippen molar-refractivity contribution in [2.75, 3.05) is 21.3 Å². The molecule has 0 bridgehead atoms. The highest BCUT2D eigenvalue weighted by Crippen LogP contribution is 2.42. The first-order valence-electron chi connectivity index (χ1n) is 6.79. The first-order chi connectivity index (χ1) is 10.2. The van der Waals surface area contributed by atoms with Crippen LogP contribution in [0.25, 0.3) is 0 Å². The van der Waals surface area contributed by atoms with Gasteiger partial charge in [0.05, 0.1) is 21.3 Å². The number of hydrogen-bond donors (Lipinski definition) is 1. The highest BCUT2D eigenvalue weighted by atomic mass is 16.5. The third kappa shape index (κ3) is 3.28. The Hall–Kier alpha value is -2.20. The van der Waals surface area contributed by atoms with Gasteiger partial charge in [0.2, 0.25) is 5.75 Å². The molecular formula is C17H21NO3. The summed E-state index contributed by atoms with van der Waals surface area (Å²) in [5.41, 5.74) is 8.43. The lowest BCUT2D eigenvalue weighted by atomic mass is 9.98. The second-order valence-electron chi connectivity index (χ2n) is 4.72. The Labute approximate surface area is 125 Å². The molecular weight excluding hydrogens is 266 g/mol. The maximum Gasteiger partial charge on any atom is 0.203 e. The van der Waals surface area contributed by atoms with E-state index in [0.717, 1.165) is 12.0 Å². The average Bonchev–Trinajstić information content (AvgIpc) is 2.53. The smallest absolute Gasteiger partial charge is 0.203 e. The van der Waals surface area contributed by atoms with Gasteiger partial charge in [-0.3, -0.25) is 0 Å². The van der Waals surface area contributed by atoms with Gasteiger partial charge in [-0.25, -0.2) is 0 Å². The zero-order valence-electron chi connectivity index (χ0n) is 12.6. The van der Waals surface area contributed by atoms with Crippen LogP contribution in [0.2, 0.25) is 0 Å². The van der Waals surface area contributed by atoms with Crippen LogP contribution in [0, 0.1) is 0 Å². The Kier molecular flexibility index (Phi) is 5.06. The topological polar surface area (TPSA) is 53.7 Å². The third-order valence-electron chi connectivity index (χ3n) is 3.43. The van der Waals surface area contributed by atoms with E-state index in [1.807, 2.05) is 30.3 Å². The van der Waals surface area contributed by atoms with Crippen LogP contribution in [0.4, 0.5) is 0 Å². The van der Waals surface area contributed by atoms with Gasteiger partial charge in [0.1, 0.15) is 0 Å². The summed E-state index contributed by atoms with van der Waals surface area (Å²) >= 11 is 0. The van der Waals surface area contributed by atoms with E-state index >= 15 is 0 Å². The molecule has 0 spiro atoms. The van der Waals surface area contributed by atoms with Crippen LogP contribution in [-0.2, 0) is 6.42 Å². The molecule has 0 saturated carbocycles. The lowest BCUT2D eigenvalue weighted by molar-refractivity contribution is 0.320. The highest BCUT2D eigenvalue weighted by molar-refractivity contribution is 5.56. The van der Waals surface area contributed by atoms with Crippen LogP contribution < -0.4 is 19.9 Å². The van der Waals surface area contributed by atoms with E-state index in [0.29, 0.717) is 17.2 Å². The van der Waals surface area contributed by atoms with Crippen molar-refractivity contribution >= 4 is 0 Å². The lowest BCUT2D eigenvalue weighted by Crippen LogP contribution is -2.15. The second kappa shape index (κ2) is 6.99. The minimum absolute atomic E-state index is 0.179. The molecule has 1 unspecified atom stereocenters. The fourth-order valence-corrected chi connectivity index (χ4v) is 2.39. The van der Waals surface area contributed by atoms with Gasteiger partial charge in [-0.15, -0.1) is 0 Å². The van der Waals surface area contributed by atoms with E-state index in [-0.39, 0.29) is 6.04 Å². The van der Waals surface area contributed by atoms with E-state index in [1.165, 1.54) is 5.56 Å². The predicted molar refractivity (Wildman–Crippen MR) is 83.2 cm³/mol. The van der Waals surface area contributed by atoms with Crippen molar-refractivity contribution in [3.05, 3.63) is 53.6 Å². The van der Waals surface area contributed by atoms with Gasteiger partial charge in [-0.05, 0) is 24.1 Å². The van der Waals surface area contributed by atoms with E-state index in [1.54, 1.807) is 21.3 Å². The van der Waals surface area contributed by atoms with E-state index in [2.05, 4.69) is 12.1 Å². The number of methoxy groups -OCH3 is 3. The van der Waals surface area contributed by atoms with Gasteiger partial charge >= 0.3 is 0 Å². The molecule has 112 valence electrons. The zero-order valence-corrected chi connectivity index (χ0v) is 12.6. The summed E-state index contributed by atoms with van der Waals surface area (Å²) in [5, 5.41) is 0. The van der Waals surface area contributed by atoms with Gasteiger partial charge < -0.3 is 19.9 Å². The summed E-state index contributed by atoms with van der Waals surface area (Å²) in [7, 11) is 4.80. The Balaban J connectivity index is 2.34. The Morgan fingerprint density at radius 1 is 0.857 bits per heavy atom. The molecule has 0 amide bonds. The molecule has 2 aromatic carbocycles. The van der Waals surface area contributed by atoms with Crippen molar-refractivity contribution in [1.82, 2.24) is 0 Å². The SMILES string of the molecule is COc1ccc(C(N)Cc2ccccc2)c(OC)c1OC. The van der Waals surface area contributed by atoms with Crippen LogP contribution in [0.5, 0.6) is 17.2 Å². The fourth-order valence-electron chi connectivity index (χ4n) is 2.39. The van der Waals surface area contributed by atoms with Crippen molar-refractivity contribution in [1.29, 1.82) is 0 Å². The van der Waals surface area contributed by atoms with Crippen molar-refractivity contribution in [3.8, 4) is 17.2 Å². The fraction of sp³-hybridized carbons (Fsp3) is 0.294. The van der Waals surface area contributed by atoms with Crippen LogP contribution in [-0.4, -0.2) is 21.3 Å². The van der Waals surface area contributed by atoms with Crippen molar-refractivity contribution in [2.45, 2.75) is 12.5 Å². The van der Waals surface area contributed by atoms with Gasteiger partial charge in [-0.1, -0.05) is 30.3 Å². The lowest BCUT2D eigenvalue weighted by Gasteiger charge is -2.19. The molecule has 0 saturated heterocycles. The van der Waals surface area contributed by atoms with Gasteiger partial charge in [0.25, 0.3) is 0 Å². The van der Waals surface area contributed by atoms with Crippen LogP contribution >= 0.6 is 0 Å². The molecule has 2 aromatic rings. The summed E-state index contributed by atoms with van der Waals surface area (Å²) in [6.45, 7) is 0. The number of nitrogens with two attached hydrogens (primary N) is 1. The van der Waals surface area contributed by atoms with Crippen molar-refractivity contribution < 1.29 is 14.2 Å². The molecule has 0 heterocycles. The van der Waals surface area contributed by atoms with Gasteiger partial charge in [-0.2, -0.15) is 0 Å². The molecule has 1 atom stereocenters. The van der Waals surface area contributed by atoms with Crippen LogP contribution in [0.15, 0.2) is 42.5 Å². The summed E-state index contributed by atoms with van der Waals surface area (Å²) < 4.78 is 16.2. The first kappa shape index (κ1) is 15.2. The summed E-state index contributed by atoms with van der Waals surface area (Å²) in [4.78, 5) is 0. The number of hydrogen-bond acceptors (Lipinski definition) is 4. The Morgan fingerprint density at radius 2 is 1.52 bits per heavy atom. The number of ether oxygens (including phenoxy) is 3. The third-order valence-corrected chi connectivity index (χ3v) is 3.43. The maximum atomic E-state index is 6.34. The molecule has 4 heteroatoms. The minimum atomic E-state index is -0.179. The van der Waals surface area contributed by atoms with Gasteiger partial charge in [0, 0.05) is 11.6 Å². The molecule has 4 nitrogen and oxygen atoms in total. The summed E-state index contributed by atoms with van der Waals surface area (Å²) in [6, 6.07) is 13.7. The molecule has 21 heavy (non-hydrogen) atoms. The summed E-state index contributed by atoms with van der Waals surface area (Å²) in [6.07, 6.45) is 0.729. The quantitative estimate of drug-likeness (QED) is 0.887. The minimum Gasteiger partial charge on any atom is -0.493 e. The average molecular weight is 287 g/mol. The van der Waals surface area contributed by atoms with Crippen molar-refractivity contribution in [2.24, 2.45) is 5.73 Å². The molecule has 2 rings (SSSR count). The molecule has 0 aliphatic heterocycles. The normalized spacial score (nSPS) is 11.8. The molecule has 0 aliphatic rings. The van der Waals surface area contributed by atoms with Crippen molar-refractivity contribution in [3.63, 3.8) is 0 Å². The molecule has 0 radical (unpaired) electrons. The van der Waals surface area contributed by atoms with E-state index < -0.39 is 0 Å². The molecule has 2 N–H and O–H groups in total. The van der Waals surface area contributed by atoms with E-state index in [9.17, 15) is 0 Å². The largest absolute Gasteiger partial charge is 0.493 e. The molecule has 0 aliphatic carbocycles. The summed E-state index contributed by atoms with van der Waals surface area (Å²) in [5.74, 6) is 1.83.